The molecule has 0 radical (unpaired) electrons. The van der Waals surface area contributed by atoms with E-state index < -0.39 is 0 Å². The van der Waals surface area contributed by atoms with Gasteiger partial charge in [-0.2, -0.15) is 4.68 Å². The molecule has 1 amide bonds. The summed E-state index contributed by atoms with van der Waals surface area (Å²) in [5.41, 5.74) is 0.920. The Morgan fingerprint density at radius 2 is 1.84 bits per heavy atom. The minimum atomic E-state index is -0.373. The number of hydrogen-bond donors (Lipinski definition) is 1. The van der Waals surface area contributed by atoms with Gasteiger partial charge in [-0.3, -0.25) is 9.59 Å². The highest BCUT2D eigenvalue weighted by Gasteiger charge is 2.26. The molecule has 4 rings (SSSR count). The first kappa shape index (κ1) is 20.6. The number of nitrogens with one attached hydrogen (secondary N) is 1. The van der Waals surface area contributed by atoms with Crippen molar-refractivity contribution in [3.8, 4) is 11.4 Å². The number of nitrogens with zero attached hydrogens (tertiary/aromatic N) is 3. The third-order valence-electron chi connectivity index (χ3n) is 5.38. The summed E-state index contributed by atoms with van der Waals surface area (Å²) in [6, 6.07) is 16.0. The van der Waals surface area contributed by atoms with Crippen LogP contribution in [0.3, 0.4) is 0 Å². The first-order valence-corrected chi connectivity index (χ1v) is 10.1. The number of ether oxygens (including phenoxy) is 1. The molecule has 0 aliphatic carbocycles. The summed E-state index contributed by atoms with van der Waals surface area (Å²) in [4.78, 5) is 26.9. The molecule has 0 atom stereocenters. The molecule has 1 saturated heterocycles. The van der Waals surface area contributed by atoms with Gasteiger partial charge in [0.2, 0.25) is 5.91 Å². The zero-order valence-corrected chi connectivity index (χ0v) is 17.1. The Bertz CT molecular complexity index is 1120. The van der Waals surface area contributed by atoms with E-state index in [0.29, 0.717) is 48.9 Å². The summed E-state index contributed by atoms with van der Waals surface area (Å²) in [5, 5.41) is 7.40. The third-order valence-corrected chi connectivity index (χ3v) is 5.38. The summed E-state index contributed by atoms with van der Waals surface area (Å²) >= 11 is 0. The van der Waals surface area contributed by atoms with Crippen LogP contribution in [-0.2, 0) is 4.79 Å². The van der Waals surface area contributed by atoms with Crippen LogP contribution in [0, 0.1) is 11.7 Å². The first-order valence-electron chi connectivity index (χ1n) is 10.1. The minimum absolute atomic E-state index is 0.0165. The zero-order valence-electron chi connectivity index (χ0n) is 17.1. The largest absolute Gasteiger partial charge is 0.497 e. The average molecular weight is 422 g/mol. The second kappa shape index (κ2) is 8.99. The topological polar surface area (TPSA) is 76.5 Å². The second-order valence-electron chi connectivity index (χ2n) is 7.40. The Morgan fingerprint density at radius 3 is 2.55 bits per heavy atom. The molecular weight excluding hydrogens is 399 g/mol. The molecule has 1 aromatic heterocycles. The zero-order chi connectivity index (χ0) is 21.8. The van der Waals surface area contributed by atoms with Crippen molar-refractivity contribution in [1.29, 1.82) is 0 Å². The van der Waals surface area contributed by atoms with Gasteiger partial charge in [0.1, 0.15) is 17.4 Å². The van der Waals surface area contributed by atoms with Crippen molar-refractivity contribution in [3.63, 3.8) is 0 Å². The van der Waals surface area contributed by atoms with Crippen LogP contribution >= 0.6 is 0 Å². The number of halogens is 1. The summed E-state index contributed by atoms with van der Waals surface area (Å²) in [5.74, 6) is 0.843. The van der Waals surface area contributed by atoms with E-state index in [4.69, 9.17) is 4.74 Å². The Labute approximate surface area is 179 Å². The Hall–Kier alpha value is -3.68. The van der Waals surface area contributed by atoms with Crippen LogP contribution < -0.4 is 20.5 Å². The van der Waals surface area contributed by atoms with E-state index in [-0.39, 0.29) is 23.2 Å². The molecule has 1 aliphatic rings. The van der Waals surface area contributed by atoms with Gasteiger partial charge in [0, 0.05) is 36.8 Å². The van der Waals surface area contributed by atoms with Crippen LogP contribution in [-0.4, -0.2) is 35.9 Å². The van der Waals surface area contributed by atoms with E-state index >= 15 is 0 Å². The Morgan fingerprint density at radius 1 is 1.10 bits per heavy atom. The molecule has 7 nitrogen and oxygen atoms in total. The number of benzene rings is 2. The summed E-state index contributed by atoms with van der Waals surface area (Å²) in [7, 11) is 1.59. The van der Waals surface area contributed by atoms with Crippen molar-refractivity contribution in [2.24, 2.45) is 5.92 Å². The molecule has 2 aromatic carbocycles. The number of anilines is 2. The fourth-order valence-corrected chi connectivity index (χ4v) is 3.65. The van der Waals surface area contributed by atoms with Crippen molar-refractivity contribution in [2.45, 2.75) is 12.8 Å². The van der Waals surface area contributed by atoms with Gasteiger partial charge in [-0.25, -0.2) is 4.39 Å². The lowest BCUT2D eigenvalue weighted by Crippen LogP contribution is -2.39. The number of carbonyl (C=O) groups excluding carboxylic acids is 1. The molecule has 1 fully saturated rings. The number of hydrogen-bond acceptors (Lipinski definition) is 5. The van der Waals surface area contributed by atoms with Crippen molar-refractivity contribution in [1.82, 2.24) is 9.78 Å². The standard InChI is InChI=1S/C23H23FN4O3/c1-31-20-4-2-3-18(15-20)25-23(30)16-11-13-27(14-12-16)21-9-10-22(29)28(26-21)19-7-5-17(24)6-8-19/h2-10,15-16H,11-14H2,1H3,(H,25,30). The Kier molecular flexibility index (Phi) is 5.97. The fraction of sp³-hybridized carbons (Fsp3) is 0.261. The normalized spacial score (nSPS) is 14.3. The highest BCUT2D eigenvalue weighted by Crippen LogP contribution is 2.24. The van der Waals surface area contributed by atoms with Gasteiger partial charge >= 0.3 is 0 Å². The molecule has 0 saturated carbocycles. The lowest BCUT2D eigenvalue weighted by Gasteiger charge is -2.32. The predicted octanol–water partition coefficient (Wildman–Crippen LogP) is 3.24. The van der Waals surface area contributed by atoms with E-state index in [2.05, 4.69) is 15.3 Å². The molecule has 1 N–H and O–H groups in total. The fourth-order valence-electron chi connectivity index (χ4n) is 3.65. The quantitative estimate of drug-likeness (QED) is 0.683. The minimum Gasteiger partial charge on any atom is -0.497 e. The van der Waals surface area contributed by atoms with Crippen molar-refractivity contribution >= 4 is 17.4 Å². The maximum Gasteiger partial charge on any atom is 0.271 e. The van der Waals surface area contributed by atoms with Gasteiger partial charge < -0.3 is 15.0 Å². The van der Waals surface area contributed by atoms with Crippen LogP contribution in [0.15, 0.2) is 65.5 Å². The lowest BCUT2D eigenvalue weighted by molar-refractivity contribution is -0.120. The molecule has 31 heavy (non-hydrogen) atoms. The van der Waals surface area contributed by atoms with Gasteiger partial charge in [-0.1, -0.05) is 6.07 Å². The molecule has 2 heterocycles. The molecular formula is C23H23FN4O3. The molecule has 160 valence electrons. The monoisotopic (exact) mass is 422 g/mol. The van der Waals surface area contributed by atoms with Gasteiger partial charge in [-0.15, -0.1) is 5.10 Å². The molecule has 0 unspecified atom stereocenters. The smallest absolute Gasteiger partial charge is 0.271 e. The van der Waals surface area contributed by atoms with Gasteiger partial charge in [0.15, 0.2) is 0 Å². The van der Waals surface area contributed by atoms with Crippen LogP contribution in [0.4, 0.5) is 15.9 Å². The number of aromatic nitrogens is 2. The molecule has 0 bridgehead atoms. The highest BCUT2D eigenvalue weighted by atomic mass is 19.1. The predicted molar refractivity (Wildman–Crippen MR) is 116 cm³/mol. The van der Waals surface area contributed by atoms with Crippen LogP contribution in [0.1, 0.15) is 12.8 Å². The van der Waals surface area contributed by atoms with Gasteiger partial charge in [0.05, 0.1) is 12.8 Å². The highest BCUT2D eigenvalue weighted by molar-refractivity contribution is 5.92. The summed E-state index contributed by atoms with van der Waals surface area (Å²) < 4.78 is 19.6. The van der Waals surface area contributed by atoms with E-state index in [9.17, 15) is 14.0 Å². The summed E-state index contributed by atoms with van der Waals surface area (Å²) in [6.07, 6.45) is 1.35. The van der Waals surface area contributed by atoms with Crippen molar-refractivity contribution < 1.29 is 13.9 Å². The number of carbonyl (C=O) groups is 1. The lowest BCUT2D eigenvalue weighted by atomic mass is 9.96. The average Bonchev–Trinajstić information content (AvgIpc) is 2.80. The molecule has 8 heteroatoms. The Balaban J connectivity index is 1.41. The number of piperidine rings is 1. The van der Waals surface area contributed by atoms with Crippen LogP contribution in [0.5, 0.6) is 5.75 Å². The van der Waals surface area contributed by atoms with Crippen molar-refractivity contribution in [3.05, 3.63) is 76.8 Å². The summed E-state index contributed by atoms with van der Waals surface area (Å²) in [6.45, 7) is 1.29. The van der Waals surface area contributed by atoms with E-state index in [1.165, 1.54) is 35.0 Å². The third kappa shape index (κ3) is 4.74. The second-order valence-corrected chi connectivity index (χ2v) is 7.40. The van der Waals surface area contributed by atoms with E-state index in [1.807, 2.05) is 18.2 Å². The molecule has 0 spiro atoms. The van der Waals surface area contributed by atoms with Crippen LogP contribution in [0.2, 0.25) is 0 Å². The van der Waals surface area contributed by atoms with Gasteiger partial charge in [-0.05, 0) is 55.3 Å². The number of rotatable bonds is 5. The number of methoxy groups -OCH3 is 1. The maximum absolute atomic E-state index is 13.2. The van der Waals surface area contributed by atoms with Gasteiger partial charge in [0.25, 0.3) is 5.56 Å². The van der Waals surface area contributed by atoms with Crippen molar-refractivity contribution in [2.75, 3.05) is 30.4 Å². The van der Waals surface area contributed by atoms with Crippen LogP contribution in [0.25, 0.3) is 5.69 Å². The SMILES string of the molecule is COc1cccc(NC(=O)C2CCN(c3ccc(=O)n(-c4ccc(F)cc4)n3)CC2)c1. The molecule has 1 aliphatic heterocycles. The first-order chi connectivity index (χ1) is 15.0. The maximum atomic E-state index is 13.2. The van der Waals surface area contributed by atoms with E-state index in [0.717, 1.165) is 0 Å². The van der Waals surface area contributed by atoms with E-state index in [1.54, 1.807) is 19.2 Å². The molecule has 3 aromatic rings. The number of amides is 1.